The van der Waals surface area contributed by atoms with E-state index in [4.69, 9.17) is 0 Å². The van der Waals surface area contributed by atoms with Gasteiger partial charge in [-0.25, -0.2) is 4.98 Å². The van der Waals surface area contributed by atoms with Gasteiger partial charge in [0.15, 0.2) is 0 Å². The molecule has 1 saturated carbocycles. The fourth-order valence-corrected chi connectivity index (χ4v) is 3.44. The van der Waals surface area contributed by atoms with Gasteiger partial charge in [-0.3, -0.25) is 4.79 Å². The van der Waals surface area contributed by atoms with Crippen LogP contribution in [0.5, 0.6) is 0 Å². The fraction of sp³-hybridized carbons (Fsp3) is 0.571. The van der Waals surface area contributed by atoms with E-state index in [0.717, 1.165) is 29.9 Å². The van der Waals surface area contributed by atoms with E-state index < -0.39 is 0 Å². The standard InChI is InChI=1S/C14H19N3O2S/c18-11-4-2-1-3-10(11)15-7-9-5-6-12-14(16-9)17-13(19)8-20-12/h5-6,10-11,15,18H,1-4,7-8H2,(H,16,17,19)/t10-,11+/m0/s1. The molecule has 1 aromatic rings. The maximum absolute atomic E-state index is 11.4. The van der Waals surface area contributed by atoms with E-state index in [1.165, 1.54) is 18.2 Å². The first-order chi connectivity index (χ1) is 9.72. The number of pyridine rings is 1. The summed E-state index contributed by atoms with van der Waals surface area (Å²) in [5.41, 5.74) is 0.893. The number of anilines is 1. The van der Waals surface area contributed by atoms with Crippen molar-refractivity contribution < 1.29 is 9.90 Å². The maximum Gasteiger partial charge on any atom is 0.235 e. The Bertz CT molecular complexity index is 509. The second kappa shape index (κ2) is 6.11. The normalized spacial score (nSPS) is 25.9. The lowest BCUT2D eigenvalue weighted by Crippen LogP contribution is -2.41. The van der Waals surface area contributed by atoms with E-state index in [9.17, 15) is 9.90 Å². The molecule has 3 N–H and O–H groups in total. The number of aliphatic hydroxyl groups is 1. The molecule has 2 aliphatic rings. The Morgan fingerprint density at radius 1 is 1.40 bits per heavy atom. The predicted molar refractivity (Wildman–Crippen MR) is 78.7 cm³/mol. The summed E-state index contributed by atoms with van der Waals surface area (Å²) in [6.07, 6.45) is 3.91. The largest absolute Gasteiger partial charge is 0.392 e. The lowest BCUT2D eigenvalue weighted by molar-refractivity contribution is -0.113. The van der Waals surface area contributed by atoms with Crippen LogP contribution >= 0.6 is 11.8 Å². The first-order valence-corrected chi connectivity index (χ1v) is 8.05. The number of hydrogen-bond donors (Lipinski definition) is 3. The number of aromatic nitrogens is 1. The van der Waals surface area contributed by atoms with E-state index in [2.05, 4.69) is 15.6 Å². The maximum atomic E-state index is 11.4. The van der Waals surface area contributed by atoms with Crippen LogP contribution < -0.4 is 10.6 Å². The van der Waals surface area contributed by atoms with Crippen molar-refractivity contribution in [1.29, 1.82) is 0 Å². The average molecular weight is 293 g/mol. The van der Waals surface area contributed by atoms with E-state index in [0.29, 0.717) is 18.1 Å². The molecule has 1 aliphatic heterocycles. The van der Waals surface area contributed by atoms with E-state index in [1.54, 1.807) is 0 Å². The van der Waals surface area contributed by atoms with Crippen molar-refractivity contribution in [2.45, 2.75) is 49.3 Å². The van der Waals surface area contributed by atoms with E-state index in [-0.39, 0.29) is 18.1 Å². The number of carbonyl (C=O) groups excluding carboxylic acids is 1. The number of carbonyl (C=O) groups is 1. The highest BCUT2D eigenvalue weighted by atomic mass is 32.2. The molecule has 1 aromatic heterocycles. The van der Waals surface area contributed by atoms with Gasteiger partial charge in [0.05, 0.1) is 22.4 Å². The highest BCUT2D eigenvalue weighted by Gasteiger charge is 2.22. The number of nitrogens with one attached hydrogen (secondary N) is 2. The van der Waals surface area contributed by atoms with Crippen LogP contribution in [0.4, 0.5) is 5.82 Å². The lowest BCUT2D eigenvalue weighted by atomic mass is 9.92. The van der Waals surface area contributed by atoms with Crippen LogP contribution in [0.15, 0.2) is 17.0 Å². The summed E-state index contributed by atoms with van der Waals surface area (Å²) in [5, 5.41) is 16.1. The Hall–Kier alpha value is -1.11. The molecular weight excluding hydrogens is 274 g/mol. The molecule has 1 amide bonds. The van der Waals surface area contributed by atoms with Gasteiger partial charge in [0.2, 0.25) is 5.91 Å². The minimum absolute atomic E-state index is 0.00260. The molecule has 0 spiro atoms. The predicted octanol–water partition coefficient (Wildman–Crippen LogP) is 1.52. The van der Waals surface area contributed by atoms with Crippen molar-refractivity contribution in [3.8, 4) is 0 Å². The minimum Gasteiger partial charge on any atom is -0.392 e. The molecule has 5 nitrogen and oxygen atoms in total. The Labute approximate surface area is 122 Å². The monoisotopic (exact) mass is 293 g/mol. The molecule has 1 fully saturated rings. The zero-order chi connectivity index (χ0) is 13.9. The number of thioether (sulfide) groups is 1. The van der Waals surface area contributed by atoms with Gasteiger partial charge in [0.1, 0.15) is 5.82 Å². The van der Waals surface area contributed by atoms with E-state index in [1.807, 2.05) is 12.1 Å². The van der Waals surface area contributed by atoms with Crippen molar-refractivity contribution in [2.24, 2.45) is 0 Å². The molecule has 1 aliphatic carbocycles. The first-order valence-electron chi connectivity index (χ1n) is 7.06. The van der Waals surface area contributed by atoms with Gasteiger partial charge >= 0.3 is 0 Å². The van der Waals surface area contributed by atoms with Gasteiger partial charge in [-0.1, -0.05) is 12.8 Å². The van der Waals surface area contributed by atoms with Gasteiger partial charge < -0.3 is 15.7 Å². The summed E-state index contributed by atoms with van der Waals surface area (Å²) in [5.74, 6) is 1.12. The molecule has 2 heterocycles. The van der Waals surface area contributed by atoms with Crippen LogP contribution in [0.1, 0.15) is 31.4 Å². The van der Waals surface area contributed by atoms with Crippen molar-refractivity contribution in [3.05, 3.63) is 17.8 Å². The molecule has 2 atom stereocenters. The molecule has 108 valence electrons. The third-order valence-corrected chi connectivity index (χ3v) is 4.85. The number of rotatable bonds is 3. The Balaban J connectivity index is 1.63. The van der Waals surface area contributed by atoms with Gasteiger partial charge in [0, 0.05) is 12.6 Å². The Morgan fingerprint density at radius 2 is 2.25 bits per heavy atom. The molecule has 6 heteroatoms. The van der Waals surface area contributed by atoms with E-state index >= 15 is 0 Å². The van der Waals surface area contributed by atoms with Gasteiger partial charge in [-0.05, 0) is 25.0 Å². The van der Waals surface area contributed by atoms with Crippen LogP contribution in [0.2, 0.25) is 0 Å². The van der Waals surface area contributed by atoms with Crippen molar-refractivity contribution in [1.82, 2.24) is 10.3 Å². The number of amides is 1. The molecule has 0 unspecified atom stereocenters. The van der Waals surface area contributed by atoms with Crippen LogP contribution in [-0.2, 0) is 11.3 Å². The summed E-state index contributed by atoms with van der Waals surface area (Å²) in [6.45, 7) is 0.621. The van der Waals surface area contributed by atoms with Gasteiger partial charge in [-0.15, -0.1) is 11.8 Å². The first kappa shape index (κ1) is 13.9. The highest BCUT2D eigenvalue weighted by molar-refractivity contribution is 8.00. The minimum atomic E-state index is -0.253. The van der Waals surface area contributed by atoms with Crippen LogP contribution in [0.3, 0.4) is 0 Å². The SMILES string of the molecule is O=C1CSc2ccc(CN[C@H]3CCCC[C@H]3O)nc2N1. The summed E-state index contributed by atoms with van der Waals surface area (Å²) >= 11 is 1.52. The smallest absolute Gasteiger partial charge is 0.235 e. The number of aliphatic hydroxyl groups excluding tert-OH is 1. The fourth-order valence-electron chi connectivity index (χ4n) is 2.69. The van der Waals surface area contributed by atoms with Crippen LogP contribution in [-0.4, -0.2) is 33.9 Å². The number of fused-ring (bicyclic) bond motifs is 1. The summed E-state index contributed by atoms with van der Waals surface area (Å²) in [4.78, 5) is 16.9. The molecule has 3 rings (SSSR count). The number of nitrogens with zero attached hydrogens (tertiary/aromatic N) is 1. The van der Waals surface area contributed by atoms with Gasteiger partial charge in [0.25, 0.3) is 0 Å². The number of hydrogen-bond acceptors (Lipinski definition) is 5. The second-order valence-corrected chi connectivity index (χ2v) is 6.34. The molecule has 0 bridgehead atoms. The topological polar surface area (TPSA) is 74.2 Å². The third-order valence-electron chi connectivity index (χ3n) is 3.81. The summed E-state index contributed by atoms with van der Waals surface area (Å²) in [7, 11) is 0. The zero-order valence-electron chi connectivity index (χ0n) is 11.3. The van der Waals surface area contributed by atoms with Crippen molar-refractivity contribution in [3.63, 3.8) is 0 Å². The second-order valence-electron chi connectivity index (χ2n) is 5.33. The van der Waals surface area contributed by atoms with Crippen molar-refractivity contribution >= 4 is 23.5 Å². The Morgan fingerprint density at radius 3 is 3.10 bits per heavy atom. The lowest BCUT2D eigenvalue weighted by Gasteiger charge is -2.28. The quantitative estimate of drug-likeness (QED) is 0.788. The Kier molecular flexibility index (Phi) is 4.24. The summed E-state index contributed by atoms with van der Waals surface area (Å²) in [6, 6.07) is 4.14. The van der Waals surface area contributed by atoms with Crippen LogP contribution in [0, 0.1) is 0 Å². The third kappa shape index (κ3) is 3.13. The van der Waals surface area contributed by atoms with Gasteiger partial charge in [-0.2, -0.15) is 0 Å². The molecular formula is C14H19N3O2S. The molecule has 0 saturated heterocycles. The molecule has 0 aromatic carbocycles. The zero-order valence-corrected chi connectivity index (χ0v) is 12.1. The van der Waals surface area contributed by atoms with Crippen molar-refractivity contribution in [2.75, 3.05) is 11.1 Å². The van der Waals surface area contributed by atoms with Crippen LogP contribution in [0.25, 0.3) is 0 Å². The molecule has 0 radical (unpaired) electrons. The molecule has 20 heavy (non-hydrogen) atoms. The highest BCUT2D eigenvalue weighted by Crippen LogP contribution is 2.29. The summed E-state index contributed by atoms with van der Waals surface area (Å²) < 4.78 is 0. The average Bonchev–Trinajstić information content (AvgIpc) is 2.46.